The predicted octanol–water partition coefficient (Wildman–Crippen LogP) is 4.46. The van der Waals surface area contributed by atoms with Gasteiger partial charge in [-0.2, -0.15) is 0 Å². The van der Waals surface area contributed by atoms with Gasteiger partial charge in [-0.25, -0.2) is 0 Å². The molecule has 1 heterocycles. The lowest BCUT2D eigenvalue weighted by atomic mass is 10.2. The maximum atomic E-state index is 5.86. The molecule has 3 rings (SSSR count). The van der Waals surface area contributed by atoms with Crippen molar-refractivity contribution in [2.75, 3.05) is 13.2 Å². The van der Waals surface area contributed by atoms with Crippen molar-refractivity contribution >= 4 is 11.3 Å². The topological polar surface area (TPSA) is 21.3 Å². The van der Waals surface area contributed by atoms with E-state index in [9.17, 15) is 0 Å². The highest BCUT2D eigenvalue weighted by atomic mass is 32.1. The molecule has 1 aromatic heterocycles. The van der Waals surface area contributed by atoms with E-state index in [1.165, 1.54) is 41.0 Å². The predicted molar refractivity (Wildman–Crippen MR) is 89.7 cm³/mol. The Morgan fingerprint density at radius 3 is 2.67 bits per heavy atom. The Hall–Kier alpha value is -1.16. The van der Waals surface area contributed by atoms with E-state index in [1.54, 1.807) is 0 Å². The zero-order valence-electron chi connectivity index (χ0n) is 12.4. The molecule has 21 heavy (non-hydrogen) atoms. The van der Waals surface area contributed by atoms with Gasteiger partial charge in [-0.15, -0.1) is 11.3 Å². The minimum Gasteiger partial charge on any atom is -0.377 e. The van der Waals surface area contributed by atoms with Crippen molar-refractivity contribution in [3.8, 4) is 10.4 Å². The molecule has 2 nitrogen and oxygen atoms in total. The fourth-order valence-electron chi connectivity index (χ4n) is 2.79. The van der Waals surface area contributed by atoms with Crippen molar-refractivity contribution in [2.24, 2.45) is 0 Å². The molecule has 3 heteroatoms. The number of thiophene rings is 1. The number of hydrogen-bond donors (Lipinski definition) is 1. The van der Waals surface area contributed by atoms with Gasteiger partial charge >= 0.3 is 0 Å². The van der Waals surface area contributed by atoms with Crippen molar-refractivity contribution < 1.29 is 4.74 Å². The SMILES string of the molecule is c1ccc(-c2ccc(CNCCOC3CCCC3)s2)cc1. The second kappa shape index (κ2) is 7.74. The molecule has 1 aliphatic rings. The van der Waals surface area contributed by atoms with Gasteiger partial charge in [-0.05, 0) is 30.5 Å². The molecule has 0 aliphatic heterocycles. The van der Waals surface area contributed by atoms with Crippen LogP contribution in [0.25, 0.3) is 10.4 Å². The van der Waals surface area contributed by atoms with E-state index in [-0.39, 0.29) is 0 Å². The monoisotopic (exact) mass is 301 g/mol. The third kappa shape index (κ3) is 4.40. The summed E-state index contributed by atoms with van der Waals surface area (Å²) in [5.41, 5.74) is 1.30. The Bertz CT molecular complexity index is 531. The van der Waals surface area contributed by atoms with Crippen LogP contribution in [0.3, 0.4) is 0 Å². The standard InChI is InChI=1S/C18H23NOS/c1-2-6-15(7-3-1)18-11-10-17(21-18)14-19-12-13-20-16-8-4-5-9-16/h1-3,6-7,10-11,16,19H,4-5,8-9,12-14H2. The molecule has 0 amide bonds. The van der Waals surface area contributed by atoms with Gasteiger partial charge in [0.15, 0.2) is 0 Å². The zero-order chi connectivity index (χ0) is 14.3. The summed E-state index contributed by atoms with van der Waals surface area (Å²) in [6.45, 7) is 2.71. The lowest BCUT2D eigenvalue weighted by Crippen LogP contribution is -2.21. The summed E-state index contributed by atoms with van der Waals surface area (Å²) in [4.78, 5) is 2.73. The molecule has 2 aromatic rings. The first-order valence-corrected chi connectivity index (χ1v) is 8.70. The van der Waals surface area contributed by atoms with E-state index in [0.717, 1.165) is 19.7 Å². The molecule has 1 fully saturated rings. The summed E-state index contributed by atoms with van der Waals surface area (Å²) in [7, 11) is 0. The van der Waals surface area contributed by atoms with E-state index in [2.05, 4.69) is 47.8 Å². The summed E-state index contributed by atoms with van der Waals surface area (Å²) in [5, 5.41) is 3.48. The molecule has 1 aliphatic carbocycles. The molecule has 0 atom stereocenters. The molecular weight excluding hydrogens is 278 g/mol. The van der Waals surface area contributed by atoms with Crippen LogP contribution in [-0.4, -0.2) is 19.3 Å². The van der Waals surface area contributed by atoms with Crippen LogP contribution in [0.1, 0.15) is 30.6 Å². The number of nitrogens with one attached hydrogen (secondary N) is 1. The Labute approximate surface area is 131 Å². The molecule has 0 unspecified atom stereocenters. The second-order valence-corrected chi connectivity index (χ2v) is 6.75. The van der Waals surface area contributed by atoms with Gasteiger partial charge in [0.1, 0.15) is 0 Å². The van der Waals surface area contributed by atoms with E-state index in [4.69, 9.17) is 4.74 Å². The van der Waals surface area contributed by atoms with Crippen LogP contribution < -0.4 is 5.32 Å². The Balaban J connectivity index is 1.39. The molecule has 0 bridgehead atoms. The lowest BCUT2D eigenvalue weighted by molar-refractivity contribution is 0.0603. The third-order valence-corrected chi connectivity index (χ3v) is 5.09. The van der Waals surface area contributed by atoms with Gasteiger partial charge < -0.3 is 10.1 Å². The number of ether oxygens (including phenoxy) is 1. The minimum atomic E-state index is 0.526. The van der Waals surface area contributed by atoms with Crippen LogP contribution in [0.4, 0.5) is 0 Å². The average molecular weight is 301 g/mol. The molecule has 112 valence electrons. The molecule has 1 aromatic carbocycles. The molecular formula is C18H23NOS. The second-order valence-electron chi connectivity index (χ2n) is 5.59. The zero-order valence-corrected chi connectivity index (χ0v) is 13.2. The van der Waals surface area contributed by atoms with E-state index >= 15 is 0 Å². The fourth-order valence-corrected chi connectivity index (χ4v) is 3.78. The number of hydrogen-bond acceptors (Lipinski definition) is 3. The van der Waals surface area contributed by atoms with Crippen LogP contribution in [-0.2, 0) is 11.3 Å². The Morgan fingerprint density at radius 1 is 1.05 bits per heavy atom. The van der Waals surface area contributed by atoms with Crippen molar-refractivity contribution in [1.82, 2.24) is 5.32 Å². The summed E-state index contributed by atoms with van der Waals surface area (Å²) in [6, 6.07) is 15.0. The van der Waals surface area contributed by atoms with E-state index in [0.29, 0.717) is 6.10 Å². The van der Waals surface area contributed by atoms with Crippen LogP contribution in [0.5, 0.6) is 0 Å². The molecule has 1 saturated carbocycles. The third-order valence-electron chi connectivity index (χ3n) is 3.95. The first-order valence-electron chi connectivity index (χ1n) is 7.88. The van der Waals surface area contributed by atoms with Gasteiger partial charge in [-0.1, -0.05) is 43.2 Å². The van der Waals surface area contributed by atoms with Crippen molar-refractivity contribution in [3.05, 3.63) is 47.3 Å². The Morgan fingerprint density at radius 2 is 1.86 bits per heavy atom. The van der Waals surface area contributed by atoms with Crippen molar-refractivity contribution in [1.29, 1.82) is 0 Å². The first-order chi connectivity index (χ1) is 10.4. The van der Waals surface area contributed by atoms with Crippen LogP contribution >= 0.6 is 11.3 Å². The van der Waals surface area contributed by atoms with Crippen LogP contribution in [0, 0.1) is 0 Å². The maximum absolute atomic E-state index is 5.86. The average Bonchev–Trinajstić information content (AvgIpc) is 3.19. The summed E-state index contributed by atoms with van der Waals surface area (Å²) >= 11 is 1.87. The smallest absolute Gasteiger partial charge is 0.0594 e. The largest absolute Gasteiger partial charge is 0.377 e. The lowest BCUT2D eigenvalue weighted by Gasteiger charge is -2.11. The summed E-state index contributed by atoms with van der Waals surface area (Å²) < 4.78 is 5.86. The van der Waals surface area contributed by atoms with Gasteiger partial charge in [0.05, 0.1) is 12.7 Å². The highest BCUT2D eigenvalue weighted by Crippen LogP contribution is 2.27. The molecule has 0 saturated heterocycles. The molecule has 1 N–H and O–H groups in total. The van der Waals surface area contributed by atoms with Crippen LogP contribution in [0.15, 0.2) is 42.5 Å². The fraction of sp³-hybridized carbons (Fsp3) is 0.444. The van der Waals surface area contributed by atoms with Gasteiger partial charge in [0.25, 0.3) is 0 Å². The molecule has 0 radical (unpaired) electrons. The first kappa shape index (κ1) is 14.8. The van der Waals surface area contributed by atoms with E-state index < -0.39 is 0 Å². The van der Waals surface area contributed by atoms with Gasteiger partial charge in [0.2, 0.25) is 0 Å². The summed E-state index contributed by atoms with van der Waals surface area (Å²) in [6.07, 6.45) is 5.72. The van der Waals surface area contributed by atoms with Crippen LogP contribution in [0.2, 0.25) is 0 Å². The van der Waals surface area contributed by atoms with Gasteiger partial charge in [-0.3, -0.25) is 0 Å². The molecule has 0 spiro atoms. The quantitative estimate of drug-likeness (QED) is 0.762. The normalized spacial score (nSPS) is 15.6. The van der Waals surface area contributed by atoms with Crippen molar-refractivity contribution in [2.45, 2.75) is 38.3 Å². The number of rotatable bonds is 7. The summed E-state index contributed by atoms with van der Waals surface area (Å²) in [5.74, 6) is 0. The van der Waals surface area contributed by atoms with E-state index in [1.807, 2.05) is 11.3 Å². The highest BCUT2D eigenvalue weighted by molar-refractivity contribution is 7.15. The highest BCUT2D eigenvalue weighted by Gasteiger charge is 2.14. The van der Waals surface area contributed by atoms with Crippen molar-refractivity contribution in [3.63, 3.8) is 0 Å². The minimum absolute atomic E-state index is 0.526. The Kier molecular flexibility index (Phi) is 5.44. The van der Waals surface area contributed by atoms with Gasteiger partial charge in [0, 0.05) is 22.8 Å². The number of benzene rings is 1. The maximum Gasteiger partial charge on any atom is 0.0594 e.